The lowest BCUT2D eigenvalue weighted by Gasteiger charge is -2.26. The van der Waals surface area contributed by atoms with Gasteiger partial charge in [0.15, 0.2) is 12.4 Å². The highest BCUT2D eigenvalue weighted by atomic mass is 16.7. The van der Waals surface area contributed by atoms with Gasteiger partial charge in [0.25, 0.3) is 0 Å². The Bertz CT molecular complexity index is 1390. The van der Waals surface area contributed by atoms with Crippen LogP contribution in [0.3, 0.4) is 0 Å². The molecule has 9 heteroatoms. The van der Waals surface area contributed by atoms with E-state index in [1.807, 2.05) is 21.1 Å². The van der Waals surface area contributed by atoms with Crippen molar-refractivity contribution in [3.8, 4) is 0 Å². The van der Waals surface area contributed by atoms with Crippen LogP contribution >= 0.6 is 0 Å². The number of likely N-dealkylation sites (N-methyl/N-ethyl adjacent to an activating group) is 1. The van der Waals surface area contributed by atoms with Crippen molar-refractivity contribution >= 4 is 17.9 Å². The number of carboxylic acids is 1. The second kappa shape index (κ2) is 49.9. The molecule has 0 heterocycles. The number of esters is 2. The Balaban J connectivity index is 4.29. The fourth-order valence-corrected chi connectivity index (χ4v) is 7.18. The summed E-state index contributed by atoms with van der Waals surface area (Å²) in [5, 5.41) is 11.7. The van der Waals surface area contributed by atoms with E-state index in [2.05, 4.69) is 98.9 Å². The van der Waals surface area contributed by atoms with Crippen LogP contribution in [0.15, 0.2) is 85.1 Å². The van der Waals surface area contributed by atoms with Gasteiger partial charge in [0.05, 0.1) is 40.3 Å². The molecule has 2 atom stereocenters. The van der Waals surface area contributed by atoms with Gasteiger partial charge in [0, 0.05) is 12.8 Å². The molecule has 0 bridgehead atoms. The lowest BCUT2D eigenvalue weighted by molar-refractivity contribution is -0.870. The number of nitrogens with zero attached hydrogens (tertiary/aromatic N) is 1. The molecular weight excluding hydrogens is 851 g/mol. The van der Waals surface area contributed by atoms with Crippen LogP contribution in [-0.2, 0) is 33.3 Å². The van der Waals surface area contributed by atoms with Crippen LogP contribution < -0.4 is 5.11 Å². The molecule has 68 heavy (non-hydrogen) atoms. The van der Waals surface area contributed by atoms with Gasteiger partial charge < -0.3 is 33.3 Å². The van der Waals surface area contributed by atoms with Gasteiger partial charge in [-0.1, -0.05) is 195 Å². The first kappa shape index (κ1) is 64.5. The average molecular weight is 952 g/mol. The van der Waals surface area contributed by atoms with Crippen LogP contribution in [0.2, 0.25) is 0 Å². The number of rotatable bonds is 49. The van der Waals surface area contributed by atoms with E-state index in [0.717, 1.165) is 103 Å². The van der Waals surface area contributed by atoms with E-state index in [1.54, 1.807) is 0 Å². The minimum atomic E-state index is -1.63. The summed E-state index contributed by atoms with van der Waals surface area (Å²) in [5.41, 5.74) is 0. The molecule has 9 nitrogen and oxygen atoms in total. The number of carboxylic acid groups (broad SMARTS) is 1. The van der Waals surface area contributed by atoms with E-state index in [0.29, 0.717) is 17.4 Å². The maximum Gasteiger partial charge on any atom is 0.306 e. The molecule has 0 amide bonds. The van der Waals surface area contributed by atoms with Gasteiger partial charge in [-0.15, -0.1) is 0 Å². The summed E-state index contributed by atoms with van der Waals surface area (Å²) in [6, 6.07) is 0. The third-order valence-corrected chi connectivity index (χ3v) is 11.4. The van der Waals surface area contributed by atoms with Gasteiger partial charge in [0.2, 0.25) is 0 Å². The van der Waals surface area contributed by atoms with Gasteiger partial charge in [-0.25, -0.2) is 0 Å². The fraction of sp³-hybridized carbons (Fsp3) is 0.712. The second-order valence-corrected chi connectivity index (χ2v) is 19.1. The summed E-state index contributed by atoms with van der Waals surface area (Å²) in [5.74, 6) is -2.31. The molecule has 0 aliphatic heterocycles. The Morgan fingerprint density at radius 3 is 1.25 bits per heavy atom. The number of ether oxygens (including phenoxy) is 4. The number of unbranched alkanes of at least 4 members (excludes halogenated alkanes) is 20. The van der Waals surface area contributed by atoms with E-state index in [9.17, 15) is 19.5 Å². The largest absolute Gasteiger partial charge is 0.545 e. The highest BCUT2D eigenvalue weighted by Crippen LogP contribution is 2.15. The standard InChI is InChI=1S/C59H101NO8/c1-6-8-10-12-14-16-18-20-22-24-25-26-27-28-29-30-31-32-33-34-36-38-40-42-44-46-48-50-57(62)68-55(54-67-59(58(63)64)65-52-51-60(3,4)5)53-66-56(61)49-47-45-43-41-39-37-35-23-21-19-17-15-13-11-9-7-2/h8,10,14,16-17,19-20,22-23,25-26,28-29,35,55,59H,6-7,9,11-13,15,18,21,24,27,30-34,36-54H2,1-5H3/b10-8-,16-14-,19-17-,22-20-,26-25-,29-28-,35-23-. The van der Waals surface area contributed by atoms with E-state index in [1.165, 1.54) is 77.0 Å². The molecule has 0 spiro atoms. The van der Waals surface area contributed by atoms with Crippen LogP contribution in [0.1, 0.15) is 213 Å². The summed E-state index contributed by atoms with van der Waals surface area (Å²) >= 11 is 0. The molecule has 0 N–H and O–H groups in total. The van der Waals surface area contributed by atoms with Gasteiger partial charge in [-0.2, -0.15) is 0 Å². The lowest BCUT2D eigenvalue weighted by Crippen LogP contribution is -2.44. The zero-order chi connectivity index (χ0) is 49.9. The molecule has 0 aliphatic carbocycles. The van der Waals surface area contributed by atoms with E-state index >= 15 is 0 Å². The molecule has 0 aromatic heterocycles. The highest BCUT2D eigenvalue weighted by Gasteiger charge is 2.22. The Hall–Kier alpha value is -3.53. The Labute approximate surface area is 417 Å². The summed E-state index contributed by atoms with van der Waals surface area (Å²) < 4.78 is 22.6. The van der Waals surface area contributed by atoms with Gasteiger partial charge in [0.1, 0.15) is 13.2 Å². The third kappa shape index (κ3) is 50.3. The number of hydrogen-bond donors (Lipinski definition) is 0. The number of allylic oxidation sites excluding steroid dienone is 14. The minimum Gasteiger partial charge on any atom is -0.545 e. The molecule has 2 unspecified atom stereocenters. The number of carbonyl (C=O) groups is 3. The van der Waals surface area contributed by atoms with Crippen molar-refractivity contribution in [2.45, 2.75) is 225 Å². The monoisotopic (exact) mass is 952 g/mol. The average Bonchev–Trinajstić information content (AvgIpc) is 3.30. The van der Waals surface area contributed by atoms with Crippen LogP contribution in [0, 0.1) is 0 Å². The fourth-order valence-electron chi connectivity index (χ4n) is 7.18. The quantitative estimate of drug-likeness (QED) is 0.0195. The van der Waals surface area contributed by atoms with Crippen molar-refractivity contribution < 1.29 is 42.9 Å². The third-order valence-electron chi connectivity index (χ3n) is 11.4. The van der Waals surface area contributed by atoms with Crippen molar-refractivity contribution in [3.05, 3.63) is 85.1 Å². The van der Waals surface area contributed by atoms with Crippen LogP contribution in [0.25, 0.3) is 0 Å². The smallest absolute Gasteiger partial charge is 0.306 e. The Morgan fingerprint density at radius 1 is 0.456 bits per heavy atom. The molecule has 0 aromatic carbocycles. The van der Waals surface area contributed by atoms with Crippen molar-refractivity contribution in [3.63, 3.8) is 0 Å². The van der Waals surface area contributed by atoms with Gasteiger partial charge in [-0.05, 0) is 89.9 Å². The number of aliphatic carboxylic acids is 1. The van der Waals surface area contributed by atoms with Crippen LogP contribution in [0.4, 0.5) is 0 Å². The minimum absolute atomic E-state index is 0.141. The summed E-state index contributed by atoms with van der Waals surface area (Å²) in [6.07, 6.45) is 61.9. The first-order valence-corrected chi connectivity index (χ1v) is 27.2. The maximum absolute atomic E-state index is 12.8. The zero-order valence-electron chi connectivity index (χ0n) is 44.2. The zero-order valence-corrected chi connectivity index (χ0v) is 44.2. The Kier molecular flexibility index (Phi) is 47.3. The van der Waals surface area contributed by atoms with Crippen molar-refractivity contribution in [1.82, 2.24) is 0 Å². The first-order chi connectivity index (χ1) is 33.1. The van der Waals surface area contributed by atoms with Crippen molar-refractivity contribution in [1.29, 1.82) is 0 Å². The predicted molar refractivity (Wildman–Crippen MR) is 283 cm³/mol. The van der Waals surface area contributed by atoms with E-state index in [4.69, 9.17) is 18.9 Å². The molecule has 0 fully saturated rings. The first-order valence-electron chi connectivity index (χ1n) is 27.2. The topological polar surface area (TPSA) is 111 Å². The van der Waals surface area contributed by atoms with Gasteiger partial charge in [-0.3, -0.25) is 9.59 Å². The molecule has 0 saturated carbocycles. The van der Waals surface area contributed by atoms with E-state index < -0.39 is 24.3 Å². The summed E-state index contributed by atoms with van der Waals surface area (Å²) in [7, 11) is 5.91. The predicted octanol–water partition coefficient (Wildman–Crippen LogP) is 14.3. The second-order valence-electron chi connectivity index (χ2n) is 19.1. The Morgan fingerprint density at radius 2 is 0.838 bits per heavy atom. The molecule has 0 aliphatic rings. The number of quaternary nitrogens is 1. The van der Waals surface area contributed by atoms with E-state index in [-0.39, 0.29) is 38.6 Å². The normalized spacial score (nSPS) is 13.5. The molecule has 0 rings (SSSR count). The summed E-state index contributed by atoms with van der Waals surface area (Å²) in [4.78, 5) is 37.2. The van der Waals surface area contributed by atoms with Gasteiger partial charge >= 0.3 is 11.9 Å². The molecule has 390 valence electrons. The maximum atomic E-state index is 12.8. The number of carbonyl (C=O) groups excluding carboxylic acids is 3. The SMILES string of the molecule is CC/C=C\C/C=C\C/C=C\C/C=C\C/C=C\CCCCCCCCCCCCCC(=O)OC(COC(=O)CCCCCCC/C=C\C/C=C\CCCCCC)COC(OCC[N+](C)(C)C)C(=O)[O-]. The van der Waals surface area contributed by atoms with Crippen molar-refractivity contribution in [2.75, 3.05) is 47.5 Å². The summed E-state index contributed by atoms with van der Waals surface area (Å²) in [6.45, 7) is 4.59. The molecule has 0 radical (unpaired) electrons. The lowest BCUT2D eigenvalue weighted by atomic mass is 10.0. The molecule has 0 saturated heterocycles. The van der Waals surface area contributed by atoms with Crippen LogP contribution in [-0.4, -0.2) is 82.3 Å². The molecular formula is C59H101NO8. The van der Waals surface area contributed by atoms with Crippen LogP contribution in [0.5, 0.6) is 0 Å². The van der Waals surface area contributed by atoms with Crippen molar-refractivity contribution in [2.24, 2.45) is 0 Å². The molecule has 0 aromatic rings. The highest BCUT2D eigenvalue weighted by molar-refractivity contribution is 5.70. The number of hydrogen-bond acceptors (Lipinski definition) is 8.